The molecule has 0 bridgehead atoms. The van der Waals surface area contributed by atoms with Crippen LogP contribution < -0.4 is 0 Å². The van der Waals surface area contributed by atoms with Gasteiger partial charge in [0.1, 0.15) is 0 Å². The number of allylic oxidation sites excluding steroid dienone is 3. The molecule has 1 aromatic heterocycles. The van der Waals surface area contributed by atoms with Crippen LogP contribution in [0.15, 0.2) is 39.3 Å². The molecule has 0 spiro atoms. The molecule has 1 N–H and O–H groups in total. The van der Waals surface area contributed by atoms with Gasteiger partial charge in [-0.25, -0.2) is 4.99 Å². The maximum absolute atomic E-state index is 8.00. The zero-order valence-electron chi connectivity index (χ0n) is 11.8. The van der Waals surface area contributed by atoms with Crippen LogP contribution in [0, 0.1) is 12.3 Å². The van der Waals surface area contributed by atoms with Crippen molar-refractivity contribution in [3.8, 4) is 0 Å². The summed E-state index contributed by atoms with van der Waals surface area (Å²) in [4.78, 5) is 5.83. The van der Waals surface area contributed by atoms with E-state index in [-0.39, 0.29) is 0 Å². The topological polar surface area (TPSA) is 41.1 Å². The van der Waals surface area contributed by atoms with Crippen molar-refractivity contribution >= 4 is 28.9 Å². The van der Waals surface area contributed by atoms with E-state index in [1.54, 1.807) is 18.7 Å². The van der Waals surface area contributed by atoms with E-state index in [1.807, 2.05) is 30.9 Å². The van der Waals surface area contributed by atoms with Gasteiger partial charge in [0.25, 0.3) is 0 Å². The molecule has 0 radical (unpaired) electrons. The summed E-state index contributed by atoms with van der Waals surface area (Å²) in [7, 11) is 1.99. The normalized spacial score (nSPS) is 16.1. The first-order valence-electron chi connectivity index (χ1n) is 6.27. The Morgan fingerprint density at radius 1 is 1.37 bits per heavy atom. The van der Waals surface area contributed by atoms with Gasteiger partial charge in [-0.1, -0.05) is 23.4 Å². The number of aryl methyl sites for hydroxylation is 2. The third kappa shape index (κ3) is 3.07. The van der Waals surface area contributed by atoms with Crippen molar-refractivity contribution in [1.82, 2.24) is 4.57 Å². The highest BCUT2D eigenvalue weighted by molar-refractivity contribution is 8.06. The fourth-order valence-electron chi connectivity index (χ4n) is 2.04. The molecule has 0 saturated heterocycles. The Bertz CT molecular complexity index is 603. The highest BCUT2D eigenvalue weighted by Crippen LogP contribution is 2.31. The van der Waals surface area contributed by atoms with Crippen molar-refractivity contribution in [2.75, 3.05) is 0 Å². The highest BCUT2D eigenvalue weighted by Gasteiger charge is 2.15. The molecule has 1 aliphatic heterocycles. The zero-order valence-corrected chi connectivity index (χ0v) is 12.6. The monoisotopic (exact) mass is 273 g/mol. The summed E-state index contributed by atoms with van der Waals surface area (Å²) in [6, 6.07) is 0. The standard InChI is InChI=1S/C15H19N3S/c1-10-6-5-7-19-15(10)14(12(3)16)17-13-9-18(4)8-11(13)2/h5,7-9,16H,6H2,1-4H3. The molecule has 0 fully saturated rings. The Labute approximate surface area is 118 Å². The Kier molecular flexibility index (Phi) is 4.10. The molecule has 1 aliphatic rings. The second-order valence-corrected chi connectivity index (χ2v) is 5.80. The predicted molar refractivity (Wildman–Crippen MR) is 84.7 cm³/mol. The molecule has 19 heavy (non-hydrogen) atoms. The van der Waals surface area contributed by atoms with Crippen molar-refractivity contribution in [3.63, 3.8) is 0 Å². The van der Waals surface area contributed by atoms with Gasteiger partial charge in [0.2, 0.25) is 0 Å². The number of hydrogen-bond acceptors (Lipinski definition) is 3. The number of aromatic nitrogens is 1. The summed E-state index contributed by atoms with van der Waals surface area (Å²) in [6.45, 7) is 5.96. The lowest BCUT2D eigenvalue weighted by molar-refractivity contribution is 0.925. The molecule has 4 heteroatoms. The van der Waals surface area contributed by atoms with Crippen LogP contribution in [0.1, 0.15) is 25.8 Å². The number of nitrogens with one attached hydrogen (secondary N) is 1. The molecular formula is C15H19N3S. The molecule has 3 nitrogen and oxygen atoms in total. The van der Waals surface area contributed by atoms with Gasteiger partial charge in [0.15, 0.2) is 0 Å². The average Bonchev–Trinajstić information content (AvgIpc) is 2.65. The lowest BCUT2D eigenvalue weighted by atomic mass is 10.1. The molecule has 0 aliphatic carbocycles. The second-order valence-electron chi connectivity index (χ2n) is 4.88. The molecule has 0 unspecified atom stereocenters. The van der Waals surface area contributed by atoms with Gasteiger partial charge in [0, 0.05) is 24.3 Å². The maximum atomic E-state index is 8.00. The average molecular weight is 273 g/mol. The quantitative estimate of drug-likeness (QED) is 0.816. The molecule has 2 rings (SSSR count). The summed E-state index contributed by atoms with van der Waals surface area (Å²) in [6.07, 6.45) is 7.14. The smallest absolute Gasteiger partial charge is 0.0980 e. The third-order valence-corrected chi connectivity index (χ3v) is 4.13. The molecule has 0 amide bonds. The first-order chi connectivity index (χ1) is 8.99. The predicted octanol–water partition coefficient (Wildman–Crippen LogP) is 4.37. The first kappa shape index (κ1) is 13.9. The van der Waals surface area contributed by atoms with Crippen LogP contribution in [0.2, 0.25) is 0 Å². The van der Waals surface area contributed by atoms with E-state index >= 15 is 0 Å². The van der Waals surface area contributed by atoms with Gasteiger partial charge >= 0.3 is 0 Å². The van der Waals surface area contributed by atoms with Gasteiger partial charge < -0.3 is 9.98 Å². The minimum Gasteiger partial charge on any atom is -0.355 e. The van der Waals surface area contributed by atoms with E-state index < -0.39 is 0 Å². The Balaban J connectivity index is 2.47. The van der Waals surface area contributed by atoms with Crippen LogP contribution in [0.4, 0.5) is 5.69 Å². The van der Waals surface area contributed by atoms with Crippen molar-refractivity contribution in [1.29, 1.82) is 5.41 Å². The van der Waals surface area contributed by atoms with E-state index in [2.05, 4.69) is 18.4 Å². The Morgan fingerprint density at radius 2 is 2.11 bits per heavy atom. The molecule has 2 heterocycles. The molecular weight excluding hydrogens is 254 g/mol. The lowest BCUT2D eigenvalue weighted by Gasteiger charge is -2.14. The van der Waals surface area contributed by atoms with Gasteiger partial charge in [-0.05, 0) is 38.2 Å². The van der Waals surface area contributed by atoms with Crippen molar-refractivity contribution in [2.24, 2.45) is 12.0 Å². The van der Waals surface area contributed by atoms with Crippen LogP contribution in [0.5, 0.6) is 0 Å². The Morgan fingerprint density at radius 3 is 2.63 bits per heavy atom. The second kappa shape index (κ2) is 5.61. The van der Waals surface area contributed by atoms with Gasteiger partial charge in [-0.15, -0.1) is 0 Å². The van der Waals surface area contributed by atoms with Crippen LogP contribution in [-0.4, -0.2) is 16.0 Å². The van der Waals surface area contributed by atoms with Crippen LogP contribution in [0.3, 0.4) is 0 Å². The van der Waals surface area contributed by atoms with Gasteiger partial charge in [0.05, 0.1) is 17.1 Å². The number of nitrogens with zero attached hydrogens (tertiary/aromatic N) is 2. The SMILES string of the molecule is CC(=N)C(=Nc1cn(C)cc1C)C1=C(C)CC=CS1. The number of thioether (sulfide) groups is 1. The van der Waals surface area contributed by atoms with Crippen molar-refractivity contribution in [3.05, 3.63) is 39.9 Å². The fourth-order valence-corrected chi connectivity index (χ4v) is 2.96. The number of rotatable bonds is 3. The first-order valence-corrected chi connectivity index (χ1v) is 7.15. The third-order valence-electron chi connectivity index (χ3n) is 3.02. The van der Waals surface area contributed by atoms with E-state index in [0.717, 1.165) is 28.3 Å². The largest absolute Gasteiger partial charge is 0.355 e. The highest BCUT2D eigenvalue weighted by atomic mass is 32.2. The van der Waals surface area contributed by atoms with Crippen molar-refractivity contribution < 1.29 is 0 Å². The Hall–Kier alpha value is -1.55. The number of hydrogen-bond donors (Lipinski definition) is 1. The summed E-state index contributed by atoms with van der Waals surface area (Å²) in [5.41, 5.74) is 4.67. The molecule has 0 saturated carbocycles. The van der Waals surface area contributed by atoms with E-state index in [4.69, 9.17) is 10.4 Å². The lowest BCUT2D eigenvalue weighted by Crippen LogP contribution is -2.12. The van der Waals surface area contributed by atoms with E-state index in [0.29, 0.717) is 5.71 Å². The van der Waals surface area contributed by atoms with E-state index in [9.17, 15) is 0 Å². The number of aliphatic imine (C=N–C) groups is 1. The molecule has 100 valence electrons. The molecule has 0 aromatic carbocycles. The minimum absolute atomic E-state index is 0.514. The summed E-state index contributed by atoms with van der Waals surface area (Å²) in [5, 5.41) is 10.1. The molecule has 1 aromatic rings. The van der Waals surface area contributed by atoms with Gasteiger partial charge in [-0.3, -0.25) is 0 Å². The molecule has 0 atom stereocenters. The summed E-state index contributed by atoms with van der Waals surface area (Å²) < 4.78 is 2.00. The minimum atomic E-state index is 0.514. The van der Waals surface area contributed by atoms with Crippen molar-refractivity contribution in [2.45, 2.75) is 27.2 Å². The van der Waals surface area contributed by atoms with Gasteiger partial charge in [-0.2, -0.15) is 0 Å². The van der Waals surface area contributed by atoms with Crippen LogP contribution in [-0.2, 0) is 7.05 Å². The van der Waals surface area contributed by atoms with Crippen LogP contribution >= 0.6 is 11.8 Å². The van der Waals surface area contributed by atoms with E-state index in [1.165, 1.54) is 5.57 Å². The maximum Gasteiger partial charge on any atom is 0.0980 e. The van der Waals surface area contributed by atoms with Crippen LogP contribution in [0.25, 0.3) is 0 Å². The fraction of sp³-hybridized carbons (Fsp3) is 0.333. The zero-order chi connectivity index (χ0) is 14.0. The summed E-state index contributed by atoms with van der Waals surface area (Å²) >= 11 is 1.66. The summed E-state index contributed by atoms with van der Waals surface area (Å²) in [5.74, 6) is 0.